The summed E-state index contributed by atoms with van der Waals surface area (Å²) in [6, 6.07) is -0.781. The minimum Gasteiger partial charge on any atom is -0.384 e. The highest BCUT2D eigenvalue weighted by Crippen LogP contribution is 2.33. The maximum atomic E-state index is 12.9. The van der Waals surface area contributed by atoms with E-state index < -0.39 is 16.9 Å². The highest BCUT2D eigenvalue weighted by atomic mass is 32.2. The summed E-state index contributed by atoms with van der Waals surface area (Å²) in [4.78, 5) is 14.6. The van der Waals surface area contributed by atoms with Crippen LogP contribution < -0.4 is 0 Å². The molecular formula is C13H21N5O4S. The molecule has 0 aliphatic carbocycles. The first-order valence-electron chi connectivity index (χ1n) is 7.67. The van der Waals surface area contributed by atoms with Crippen molar-refractivity contribution < 1.29 is 17.9 Å². The van der Waals surface area contributed by atoms with E-state index in [2.05, 4.69) is 15.4 Å². The Labute approximate surface area is 136 Å². The van der Waals surface area contributed by atoms with Gasteiger partial charge in [0, 0.05) is 25.6 Å². The fourth-order valence-electron chi connectivity index (χ4n) is 3.67. The molecule has 128 valence electrons. The number of ether oxygens (including phenoxy) is 1. The Morgan fingerprint density at radius 2 is 2.26 bits per heavy atom. The van der Waals surface area contributed by atoms with Crippen molar-refractivity contribution in [1.29, 1.82) is 0 Å². The molecule has 3 rings (SSSR count). The Balaban J connectivity index is 1.92. The maximum absolute atomic E-state index is 12.9. The number of nitrogens with one attached hydrogen (secondary N) is 1. The number of thiol groups is 1. The number of fused-ring (bicyclic) bond motifs is 2. The van der Waals surface area contributed by atoms with Crippen LogP contribution in [0.15, 0.2) is 6.20 Å². The molecule has 3 heterocycles. The Kier molecular flexibility index (Phi) is 4.93. The second-order valence-corrected chi connectivity index (χ2v) is 6.99. The number of carbonyl (C=O) groups is 1. The van der Waals surface area contributed by atoms with Gasteiger partial charge in [0.1, 0.15) is 6.04 Å². The van der Waals surface area contributed by atoms with Crippen LogP contribution in [0.5, 0.6) is 0 Å². The van der Waals surface area contributed by atoms with Crippen molar-refractivity contribution in [2.45, 2.75) is 37.9 Å². The van der Waals surface area contributed by atoms with Gasteiger partial charge in [0.05, 0.1) is 25.0 Å². The van der Waals surface area contributed by atoms with Gasteiger partial charge in [-0.25, -0.2) is 8.42 Å². The van der Waals surface area contributed by atoms with E-state index >= 15 is 0 Å². The molecule has 10 heteroatoms. The molecule has 0 radical (unpaired) electrons. The molecule has 2 saturated heterocycles. The molecule has 2 bridgehead atoms. The molecule has 2 aliphatic rings. The van der Waals surface area contributed by atoms with Gasteiger partial charge in [-0.2, -0.15) is 4.31 Å². The van der Waals surface area contributed by atoms with E-state index in [9.17, 15) is 13.2 Å². The normalized spacial score (nSPS) is 29.0. The second-order valence-electron chi connectivity index (χ2n) is 6.05. The molecule has 1 aromatic heterocycles. The van der Waals surface area contributed by atoms with Crippen LogP contribution in [0.25, 0.3) is 0 Å². The standard InChI is InChI=1S/C13H21N5O4S/c1-22-8-9-6-17(7-10-5-14-16-15-10)13(19)12-4-2-3-11(9)18(12)23(20)21/h5,9,11-12,23H,2-4,6-8H2,1H3,(H,14,15,16)/t9-,11?,12?/m1/s1. The minimum atomic E-state index is -2.80. The molecule has 1 N–H and O–H groups in total. The van der Waals surface area contributed by atoms with Crippen LogP contribution in [0, 0.1) is 5.92 Å². The molecule has 0 aromatic carbocycles. The van der Waals surface area contributed by atoms with Gasteiger partial charge in [0.25, 0.3) is 0 Å². The SMILES string of the molecule is COC[C@H]1CN(Cc2cnn[nH]2)C(=O)C2CCCC1N2[SH](=O)=O. The zero-order valence-corrected chi connectivity index (χ0v) is 13.8. The number of methoxy groups -OCH3 is 1. The number of aromatic nitrogens is 3. The lowest BCUT2D eigenvalue weighted by molar-refractivity contribution is -0.135. The summed E-state index contributed by atoms with van der Waals surface area (Å²) in [7, 11) is -1.21. The van der Waals surface area contributed by atoms with Crippen molar-refractivity contribution in [3.8, 4) is 0 Å². The highest BCUT2D eigenvalue weighted by molar-refractivity contribution is 7.70. The van der Waals surface area contributed by atoms with Crippen LogP contribution in [0.1, 0.15) is 25.0 Å². The smallest absolute Gasteiger partial charge is 0.241 e. The van der Waals surface area contributed by atoms with Crippen molar-refractivity contribution in [1.82, 2.24) is 24.6 Å². The fraction of sp³-hybridized carbons (Fsp3) is 0.769. The number of rotatable bonds is 5. The first-order chi connectivity index (χ1) is 11.1. The van der Waals surface area contributed by atoms with Crippen LogP contribution in [0.2, 0.25) is 0 Å². The summed E-state index contributed by atoms with van der Waals surface area (Å²) in [5.74, 6) is -0.194. The first kappa shape index (κ1) is 16.3. The predicted octanol–water partition coefficient (Wildman–Crippen LogP) is -0.841. The van der Waals surface area contributed by atoms with E-state index in [1.54, 1.807) is 18.2 Å². The lowest BCUT2D eigenvalue weighted by Crippen LogP contribution is -2.51. The average molecular weight is 343 g/mol. The molecule has 3 atom stereocenters. The average Bonchev–Trinajstić information content (AvgIpc) is 3.03. The molecule has 0 saturated carbocycles. The summed E-state index contributed by atoms with van der Waals surface area (Å²) in [5, 5.41) is 10.1. The van der Waals surface area contributed by atoms with Crippen LogP contribution in [0.4, 0.5) is 0 Å². The number of piperidine rings is 1. The molecule has 0 spiro atoms. The van der Waals surface area contributed by atoms with E-state index in [1.807, 2.05) is 0 Å². The molecule has 9 nitrogen and oxygen atoms in total. The van der Waals surface area contributed by atoms with E-state index in [0.29, 0.717) is 26.1 Å². The molecule has 1 aromatic rings. The molecule has 2 aliphatic heterocycles. The lowest BCUT2D eigenvalue weighted by Gasteiger charge is -2.37. The monoisotopic (exact) mass is 343 g/mol. The first-order valence-corrected chi connectivity index (χ1v) is 8.80. The Hall–Kier alpha value is -1.52. The Morgan fingerprint density at radius 1 is 1.43 bits per heavy atom. The van der Waals surface area contributed by atoms with Crippen molar-refractivity contribution in [2.75, 3.05) is 20.3 Å². The largest absolute Gasteiger partial charge is 0.384 e. The van der Waals surface area contributed by atoms with Crippen LogP contribution in [0.3, 0.4) is 0 Å². The second kappa shape index (κ2) is 6.93. The van der Waals surface area contributed by atoms with E-state index in [1.165, 1.54) is 4.31 Å². The summed E-state index contributed by atoms with van der Waals surface area (Å²) in [6.45, 7) is 1.23. The van der Waals surface area contributed by atoms with Crippen molar-refractivity contribution in [3.05, 3.63) is 11.9 Å². The third-order valence-electron chi connectivity index (χ3n) is 4.63. The van der Waals surface area contributed by atoms with E-state index in [4.69, 9.17) is 4.74 Å². The number of hydrogen-bond donors (Lipinski definition) is 2. The number of carbonyl (C=O) groups excluding carboxylic acids is 1. The third-order valence-corrected chi connectivity index (χ3v) is 5.58. The van der Waals surface area contributed by atoms with Crippen molar-refractivity contribution >= 4 is 16.8 Å². The van der Waals surface area contributed by atoms with E-state index in [0.717, 1.165) is 18.5 Å². The van der Waals surface area contributed by atoms with Crippen LogP contribution in [-0.2, 0) is 27.0 Å². The minimum absolute atomic E-state index is 0.0435. The summed E-state index contributed by atoms with van der Waals surface area (Å²) in [6.07, 6.45) is 3.75. The summed E-state index contributed by atoms with van der Waals surface area (Å²) in [5.41, 5.74) is 0.726. The number of H-pyrrole nitrogens is 1. The van der Waals surface area contributed by atoms with Gasteiger partial charge in [0.2, 0.25) is 16.8 Å². The van der Waals surface area contributed by atoms with Crippen molar-refractivity contribution in [2.24, 2.45) is 5.92 Å². The molecule has 1 amide bonds. The number of aromatic amines is 1. The zero-order valence-electron chi connectivity index (χ0n) is 12.9. The maximum Gasteiger partial charge on any atom is 0.241 e. The van der Waals surface area contributed by atoms with Crippen LogP contribution >= 0.6 is 0 Å². The van der Waals surface area contributed by atoms with Gasteiger partial charge in [-0.1, -0.05) is 5.21 Å². The predicted molar refractivity (Wildman–Crippen MR) is 80.7 cm³/mol. The van der Waals surface area contributed by atoms with Gasteiger partial charge in [0.15, 0.2) is 0 Å². The quantitative estimate of drug-likeness (QED) is 0.675. The topological polar surface area (TPSA) is 108 Å². The molecule has 23 heavy (non-hydrogen) atoms. The van der Waals surface area contributed by atoms with Gasteiger partial charge in [-0.3, -0.25) is 9.89 Å². The van der Waals surface area contributed by atoms with Gasteiger partial charge in [-0.05, 0) is 19.3 Å². The summed E-state index contributed by atoms with van der Waals surface area (Å²) < 4.78 is 30.2. The fourth-order valence-corrected chi connectivity index (χ4v) is 4.66. The highest BCUT2D eigenvalue weighted by Gasteiger charge is 2.46. The summed E-state index contributed by atoms with van der Waals surface area (Å²) >= 11 is 0. The number of hydrogen-bond acceptors (Lipinski definition) is 6. The zero-order chi connectivity index (χ0) is 16.4. The molecule has 2 fully saturated rings. The van der Waals surface area contributed by atoms with Gasteiger partial charge in [-0.15, -0.1) is 5.10 Å². The van der Waals surface area contributed by atoms with Crippen LogP contribution in [-0.4, -0.2) is 71.3 Å². The van der Waals surface area contributed by atoms with Crippen molar-refractivity contribution in [3.63, 3.8) is 0 Å². The number of amides is 1. The molecular weight excluding hydrogens is 322 g/mol. The Bertz CT molecular complexity index is 612. The van der Waals surface area contributed by atoms with Gasteiger partial charge >= 0.3 is 0 Å². The third kappa shape index (κ3) is 3.24. The molecule has 2 unspecified atom stereocenters. The number of nitrogens with zero attached hydrogens (tertiary/aromatic N) is 4. The van der Waals surface area contributed by atoms with Gasteiger partial charge < -0.3 is 9.64 Å². The van der Waals surface area contributed by atoms with E-state index in [-0.39, 0.29) is 17.9 Å². The lowest BCUT2D eigenvalue weighted by atomic mass is 9.91. The Morgan fingerprint density at radius 3 is 2.91 bits per heavy atom.